The third kappa shape index (κ3) is 4.85. The largest absolute Gasteiger partial charge is 0.493 e. The molecule has 0 aliphatic rings. The Balaban J connectivity index is 1.93. The van der Waals surface area contributed by atoms with E-state index in [9.17, 15) is 20.2 Å². The van der Waals surface area contributed by atoms with Crippen molar-refractivity contribution in [2.24, 2.45) is 0 Å². The number of aryl methyl sites for hydroxylation is 1. The number of rotatable bonds is 7. The Hall–Kier alpha value is -4.58. The molecule has 9 heteroatoms. The highest BCUT2D eigenvalue weighted by atomic mass is 16.6. The van der Waals surface area contributed by atoms with Crippen molar-refractivity contribution < 1.29 is 19.2 Å². The van der Waals surface area contributed by atoms with Crippen LogP contribution >= 0.6 is 0 Å². The van der Waals surface area contributed by atoms with Gasteiger partial charge in [0.2, 0.25) is 0 Å². The number of nitrogens with zero attached hydrogens (tertiary/aromatic N) is 3. The lowest BCUT2D eigenvalue weighted by molar-refractivity contribution is -0.384. The maximum atomic E-state index is 12.7. The molecule has 1 aromatic heterocycles. The summed E-state index contributed by atoms with van der Waals surface area (Å²) in [6, 6.07) is 14.9. The van der Waals surface area contributed by atoms with E-state index in [4.69, 9.17) is 9.47 Å². The zero-order chi connectivity index (χ0) is 24.1. The van der Waals surface area contributed by atoms with Gasteiger partial charge in [-0.05, 0) is 49.8 Å². The molecule has 0 aliphatic carbocycles. The van der Waals surface area contributed by atoms with Crippen molar-refractivity contribution in [3.05, 3.63) is 81.2 Å². The number of non-ortho nitro benzene ring substituents is 1. The number of aromatic nitrogens is 1. The zero-order valence-electron chi connectivity index (χ0n) is 18.6. The number of nitro benzene ring substituents is 1. The van der Waals surface area contributed by atoms with Gasteiger partial charge < -0.3 is 19.4 Å². The number of ether oxygens (including phenoxy) is 2. The molecule has 3 rings (SSSR count). The van der Waals surface area contributed by atoms with Gasteiger partial charge in [0.1, 0.15) is 11.6 Å². The van der Waals surface area contributed by atoms with Crippen LogP contribution in [0, 0.1) is 35.3 Å². The Bertz CT molecular complexity index is 1300. The summed E-state index contributed by atoms with van der Waals surface area (Å²) in [5, 5.41) is 23.4. The first kappa shape index (κ1) is 23.1. The van der Waals surface area contributed by atoms with E-state index in [0.29, 0.717) is 28.4 Å². The molecule has 0 unspecified atom stereocenters. The molecule has 0 saturated heterocycles. The van der Waals surface area contributed by atoms with Crippen LogP contribution in [0.2, 0.25) is 0 Å². The van der Waals surface area contributed by atoms with Crippen molar-refractivity contribution in [1.29, 1.82) is 5.26 Å². The Morgan fingerprint density at radius 2 is 1.85 bits per heavy atom. The van der Waals surface area contributed by atoms with E-state index in [1.54, 1.807) is 30.3 Å². The van der Waals surface area contributed by atoms with Crippen LogP contribution in [0.15, 0.2) is 54.1 Å². The smallest absolute Gasteiger partial charge is 0.271 e. The molecule has 1 heterocycles. The van der Waals surface area contributed by atoms with Gasteiger partial charge in [-0.25, -0.2) is 0 Å². The van der Waals surface area contributed by atoms with Gasteiger partial charge in [0, 0.05) is 35.3 Å². The number of benzene rings is 2. The van der Waals surface area contributed by atoms with E-state index in [1.165, 1.54) is 32.4 Å². The summed E-state index contributed by atoms with van der Waals surface area (Å²) in [6.45, 7) is 3.66. The molecule has 2 aromatic carbocycles. The van der Waals surface area contributed by atoms with Crippen molar-refractivity contribution >= 4 is 23.4 Å². The van der Waals surface area contributed by atoms with Gasteiger partial charge in [0.05, 0.1) is 24.8 Å². The predicted octanol–water partition coefficient (Wildman–Crippen LogP) is 4.57. The molecule has 0 atom stereocenters. The number of hydrogen-bond donors (Lipinski definition) is 1. The van der Waals surface area contributed by atoms with E-state index >= 15 is 0 Å². The van der Waals surface area contributed by atoms with Crippen molar-refractivity contribution in [3.8, 4) is 23.3 Å². The fourth-order valence-electron chi connectivity index (χ4n) is 3.49. The maximum Gasteiger partial charge on any atom is 0.271 e. The number of nitriles is 1. The molecule has 0 saturated carbocycles. The molecule has 0 radical (unpaired) electrons. The van der Waals surface area contributed by atoms with Crippen LogP contribution in [-0.2, 0) is 4.79 Å². The van der Waals surface area contributed by atoms with Crippen LogP contribution in [0.25, 0.3) is 11.8 Å². The van der Waals surface area contributed by atoms with E-state index in [0.717, 1.165) is 11.4 Å². The lowest BCUT2D eigenvalue weighted by Gasteiger charge is -2.10. The lowest BCUT2D eigenvalue weighted by atomic mass is 10.1. The fraction of sp³-hybridized carbons (Fsp3) is 0.167. The summed E-state index contributed by atoms with van der Waals surface area (Å²) in [5.74, 6) is 0.378. The first-order chi connectivity index (χ1) is 15.8. The highest BCUT2D eigenvalue weighted by molar-refractivity contribution is 6.09. The number of methoxy groups -OCH3 is 2. The minimum absolute atomic E-state index is 0.0240. The number of carbonyl (C=O) groups is 1. The molecule has 0 fully saturated rings. The summed E-state index contributed by atoms with van der Waals surface area (Å²) in [5.41, 5.74) is 3.13. The monoisotopic (exact) mass is 446 g/mol. The van der Waals surface area contributed by atoms with Crippen molar-refractivity contribution in [1.82, 2.24) is 4.57 Å². The topological polar surface area (TPSA) is 119 Å². The molecular formula is C24H22N4O5. The van der Waals surface area contributed by atoms with Gasteiger partial charge >= 0.3 is 0 Å². The number of amides is 1. The van der Waals surface area contributed by atoms with E-state index in [-0.39, 0.29) is 11.3 Å². The quantitative estimate of drug-likeness (QED) is 0.246. The molecule has 0 aliphatic heterocycles. The van der Waals surface area contributed by atoms with Gasteiger partial charge in [0.25, 0.3) is 11.6 Å². The van der Waals surface area contributed by atoms with Crippen molar-refractivity contribution in [2.75, 3.05) is 19.5 Å². The molecule has 168 valence electrons. The van der Waals surface area contributed by atoms with Crippen LogP contribution in [-0.4, -0.2) is 29.6 Å². The van der Waals surface area contributed by atoms with E-state index in [1.807, 2.05) is 30.6 Å². The Morgan fingerprint density at radius 1 is 1.12 bits per heavy atom. The first-order valence-electron chi connectivity index (χ1n) is 9.88. The van der Waals surface area contributed by atoms with Gasteiger partial charge in [0.15, 0.2) is 11.5 Å². The second kappa shape index (κ2) is 9.70. The van der Waals surface area contributed by atoms with Crippen LogP contribution in [0.3, 0.4) is 0 Å². The highest BCUT2D eigenvalue weighted by Crippen LogP contribution is 2.30. The molecule has 3 aromatic rings. The normalized spacial score (nSPS) is 10.9. The molecule has 0 spiro atoms. The van der Waals surface area contributed by atoms with Crippen LogP contribution < -0.4 is 14.8 Å². The van der Waals surface area contributed by atoms with Crippen LogP contribution in [0.1, 0.15) is 17.0 Å². The van der Waals surface area contributed by atoms with Gasteiger partial charge in [-0.1, -0.05) is 6.07 Å². The van der Waals surface area contributed by atoms with Crippen molar-refractivity contribution in [2.45, 2.75) is 13.8 Å². The summed E-state index contributed by atoms with van der Waals surface area (Å²) in [6.07, 6.45) is 1.49. The minimum atomic E-state index is -0.579. The molecule has 0 bridgehead atoms. The van der Waals surface area contributed by atoms with Gasteiger partial charge in [-0.2, -0.15) is 5.26 Å². The molecule has 9 nitrogen and oxygen atoms in total. The summed E-state index contributed by atoms with van der Waals surface area (Å²) in [7, 11) is 3.00. The first-order valence-corrected chi connectivity index (χ1v) is 9.88. The number of hydrogen-bond acceptors (Lipinski definition) is 6. The highest BCUT2D eigenvalue weighted by Gasteiger charge is 2.16. The number of anilines is 1. The van der Waals surface area contributed by atoms with Gasteiger partial charge in [-0.3, -0.25) is 14.9 Å². The maximum absolute atomic E-state index is 12.7. The van der Waals surface area contributed by atoms with Gasteiger partial charge in [-0.15, -0.1) is 0 Å². The minimum Gasteiger partial charge on any atom is -0.493 e. The SMILES string of the molecule is COc1ccc(NC(=O)/C(C#N)=C/c2cc(C)n(-c3cccc([N+](=O)[O-])c3)c2C)cc1OC. The second-order valence-corrected chi connectivity index (χ2v) is 7.13. The Morgan fingerprint density at radius 3 is 2.48 bits per heavy atom. The molecular weight excluding hydrogens is 424 g/mol. The summed E-state index contributed by atoms with van der Waals surface area (Å²) >= 11 is 0. The van der Waals surface area contributed by atoms with E-state index in [2.05, 4.69) is 5.32 Å². The van der Waals surface area contributed by atoms with E-state index < -0.39 is 10.8 Å². The van der Waals surface area contributed by atoms with Crippen molar-refractivity contribution in [3.63, 3.8) is 0 Å². The molecule has 33 heavy (non-hydrogen) atoms. The summed E-state index contributed by atoms with van der Waals surface area (Å²) < 4.78 is 12.3. The fourth-order valence-corrected chi connectivity index (χ4v) is 3.49. The summed E-state index contributed by atoms with van der Waals surface area (Å²) in [4.78, 5) is 23.4. The third-order valence-corrected chi connectivity index (χ3v) is 5.08. The molecule has 1 N–H and O–H groups in total. The third-order valence-electron chi connectivity index (χ3n) is 5.08. The average Bonchev–Trinajstić information content (AvgIpc) is 3.09. The van der Waals surface area contributed by atoms with Crippen LogP contribution in [0.5, 0.6) is 11.5 Å². The average molecular weight is 446 g/mol. The number of nitro groups is 1. The van der Waals surface area contributed by atoms with Crippen LogP contribution in [0.4, 0.5) is 11.4 Å². The Labute approximate surface area is 190 Å². The molecule has 1 amide bonds. The second-order valence-electron chi connectivity index (χ2n) is 7.13. The lowest BCUT2D eigenvalue weighted by Crippen LogP contribution is -2.13. The zero-order valence-corrected chi connectivity index (χ0v) is 18.6. The Kier molecular flexibility index (Phi) is 6.79. The standard InChI is InChI=1S/C24H22N4O5/c1-15-10-17(16(2)27(15)20-6-5-7-21(13-20)28(30)31)11-18(14-25)24(29)26-19-8-9-22(32-3)23(12-19)33-4/h5-13H,1-4H3,(H,26,29)/b18-11+. The number of nitrogens with one attached hydrogen (secondary N) is 1. The number of carbonyl (C=O) groups excluding carboxylic acids is 1. The predicted molar refractivity (Wildman–Crippen MR) is 124 cm³/mol.